The van der Waals surface area contributed by atoms with Crippen molar-refractivity contribution in [2.75, 3.05) is 0 Å². The average Bonchev–Trinajstić information content (AvgIpc) is 2.16. The van der Waals surface area contributed by atoms with Crippen LogP contribution in [-0.4, -0.2) is 0 Å². The molecule has 0 heterocycles. The van der Waals surface area contributed by atoms with Gasteiger partial charge in [-0.15, -0.1) is 0 Å². The highest BCUT2D eigenvalue weighted by Gasteiger charge is 1.82. The lowest BCUT2D eigenvalue weighted by atomic mass is 10.1. The summed E-state index contributed by atoms with van der Waals surface area (Å²) in [6.45, 7) is 4.41. The molecule has 0 spiro atoms. The first kappa shape index (κ1) is 12.5. The van der Waals surface area contributed by atoms with E-state index in [9.17, 15) is 0 Å². The molecule has 0 N–H and O–H groups in total. The number of rotatable bonds is 8. The maximum Gasteiger partial charge on any atom is -0.0351 e. The van der Waals surface area contributed by atoms with Crippen LogP contribution in [0.25, 0.3) is 0 Å². The fourth-order valence-electron chi connectivity index (χ4n) is 1.21. The van der Waals surface area contributed by atoms with Gasteiger partial charge in [0.05, 0.1) is 0 Å². The minimum atomic E-state index is 1.18. The molecule has 0 fully saturated rings. The highest BCUT2D eigenvalue weighted by molar-refractivity contribution is 4.83. The van der Waals surface area contributed by atoms with Gasteiger partial charge in [0.15, 0.2) is 0 Å². The monoisotopic (exact) mass is 180 g/mol. The van der Waals surface area contributed by atoms with Crippen molar-refractivity contribution < 1.29 is 0 Å². The summed E-state index contributed by atoms with van der Waals surface area (Å²) in [5, 5.41) is 0. The third-order valence-corrected chi connectivity index (χ3v) is 2.02. The van der Waals surface area contributed by atoms with E-state index in [2.05, 4.69) is 38.2 Å². The summed E-state index contributed by atoms with van der Waals surface area (Å²) >= 11 is 0. The van der Waals surface area contributed by atoms with Crippen LogP contribution in [-0.2, 0) is 0 Å². The van der Waals surface area contributed by atoms with E-state index in [1.54, 1.807) is 0 Å². The van der Waals surface area contributed by atoms with Crippen LogP contribution in [0.5, 0.6) is 0 Å². The molecular weight excluding hydrogens is 156 g/mol. The van der Waals surface area contributed by atoms with Gasteiger partial charge < -0.3 is 0 Å². The summed E-state index contributed by atoms with van der Waals surface area (Å²) in [4.78, 5) is 0. The number of unbranched alkanes of at least 4 members (excludes halogenated alkanes) is 4. The van der Waals surface area contributed by atoms with E-state index in [-0.39, 0.29) is 0 Å². The normalized spacial score (nSPS) is 11.8. The minimum absolute atomic E-state index is 1.18. The van der Waals surface area contributed by atoms with Crippen molar-refractivity contribution in [3.63, 3.8) is 0 Å². The number of allylic oxidation sites excluding steroid dienone is 4. The van der Waals surface area contributed by atoms with Crippen LogP contribution < -0.4 is 0 Å². The SMILES string of the molecule is CCC=CCCCCC=CCCC. The highest BCUT2D eigenvalue weighted by Crippen LogP contribution is 2.02. The number of hydrogen-bond acceptors (Lipinski definition) is 0. The van der Waals surface area contributed by atoms with Crippen LogP contribution in [0.1, 0.15) is 58.8 Å². The maximum atomic E-state index is 2.33. The zero-order valence-electron chi connectivity index (χ0n) is 9.26. The molecule has 0 aromatic heterocycles. The van der Waals surface area contributed by atoms with E-state index in [4.69, 9.17) is 0 Å². The number of hydrogen-bond donors (Lipinski definition) is 0. The topological polar surface area (TPSA) is 0 Å². The predicted octanol–water partition coefficient (Wildman–Crippen LogP) is 4.87. The van der Waals surface area contributed by atoms with E-state index < -0.39 is 0 Å². The first-order valence-corrected chi connectivity index (χ1v) is 5.71. The smallest absolute Gasteiger partial charge is 0.0351 e. The van der Waals surface area contributed by atoms with Gasteiger partial charge in [-0.05, 0) is 38.5 Å². The van der Waals surface area contributed by atoms with Crippen molar-refractivity contribution in [2.45, 2.75) is 58.8 Å². The van der Waals surface area contributed by atoms with Crippen molar-refractivity contribution in [3.05, 3.63) is 24.3 Å². The van der Waals surface area contributed by atoms with Gasteiger partial charge >= 0.3 is 0 Å². The molecule has 0 aliphatic carbocycles. The lowest BCUT2D eigenvalue weighted by Crippen LogP contribution is -1.72. The fraction of sp³-hybridized carbons (Fsp3) is 0.692. The fourth-order valence-corrected chi connectivity index (χ4v) is 1.21. The Labute approximate surface area is 83.7 Å². The van der Waals surface area contributed by atoms with Crippen molar-refractivity contribution in [2.24, 2.45) is 0 Å². The average molecular weight is 180 g/mol. The van der Waals surface area contributed by atoms with Crippen LogP contribution in [0.4, 0.5) is 0 Å². The van der Waals surface area contributed by atoms with Gasteiger partial charge in [-0.1, -0.05) is 44.6 Å². The highest BCUT2D eigenvalue weighted by atomic mass is 13.9. The first-order chi connectivity index (χ1) is 6.41. The molecular formula is C13H24. The standard InChI is InChI=1S/C13H24/c1-3-5-7-9-11-13-12-10-8-6-4-2/h5,7-8,10H,3-4,6,9,11-13H2,1-2H3. The third-order valence-electron chi connectivity index (χ3n) is 2.02. The Kier molecular flexibility index (Phi) is 11.0. The minimum Gasteiger partial charge on any atom is -0.0888 e. The third kappa shape index (κ3) is 11.5. The van der Waals surface area contributed by atoms with Crippen molar-refractivity contribution >= 4 is 0 Å². The second-order valence-electron chi connectivity index (χ2n) is 3.42. The van der Waals surface area contributed by atoms with Crippen LogP contribution in [0, 0.1) is 0 Å². The van der Waals surface area contributed by atoms with Gasteiger partial charge in [0.1, 0.15) is 0 Å². The quantitative estimate of drug-likeness (QED) is 0.369. The molecule has 0 amide bonds. The molecule has 0 rings (SSSR count). The van der Waals surface area contributed by atoms with Gasteiger partial charge in [-0.25, -0.2) is 0 Å². The molecule has 0 nitrogen and oxygen atoms in total. The molecule has 0 heteroatoms. The molecule has 0 radical (unpaired) electrons. The molecule has 13 heavy (non-hydrogen) atoms. The summed E-state index contributed by atoms with van der Waals surface area (Å²) in [7, 11) is 0. The van der Waals surface area contributed by atoms with Crippen LogP contribution in [0.15, 0.2) is 24.3 Å². The van der Waals surface area contributed by atoms with E-state index in [1.165, 1.54) is 44.9 Å². The summed E-state index contributed by atoms with van der Waals surface area (Å²) in [6, 6.07) is 0. The van der Waals surface area contributed by atoms with E-state index in [0.29, 0.717) is 0 Å². The molecule has 0 saturated heterocycles. The van der Waals surface area contributed by atoms with Crippen molar-refractivity contribution in [1.29, 1.82) is 0 Å². The molecule has 0 atom stereocenters. The van der Waals surface area contributed by atoms with Crippen molar-refractivity contribution in [1.82, 2.24) is 0 Å². The Hall–Kier alpha value is -0.520. The lowest BCUT2D eigenvalue weighted by Gasteiger charge is -1.92. The Bertz CT molecular complexity index is 131. The molecule has 0 saturated carbocycles. The maximum absolute atomic E-state index is 2.33. The molecule has 0 aromatic rings. The Morgan fingerprint density at radius 1 is 0.692 bits per heavy atom. The van der Waals surface area contributed by atoms with Crippen LogP contribution in [0.2, 0.25) is 0 Å². The van der Waals surface area contributed by atoms with Gasteiger partial charge in [0.25, 0.3) is 0 Å². The molecule has 0 aromatic carbocycles. The van der Waals surface area contributed by atoms with Gasteiger partial charge in [0, 0.05) is 0 Å². The summed E-state index contributed by atoms with van der Waals surface area (Å²) in [5.41, 5.74) is 0. The van der Waals surface area contributed by atoms with E-state index >= 15 is 0 Å². The van der Waals surface area contributed by atoms with Crippen LogP contribution in [0.3, 0.4) is 0 Å². The Morgan fingerprint density at radius 3 is 1.77 bits per heavy atom. The van der Waals surface area contributed by atoms with Crippen LogP contribution >= 0.6 is 0 Å². The van der Waals surface area contributed by atoms with Gasteiger partial charge in [0.2, 0.25) is 0 Å². The zero-order valence-corrected chi connectivity index (χ0v) is 9.26. The largest absolute Gasteiger partial charge is 0.0888 e. The van der Waals surface area contributed by atoms with E-state index in [1.807, 2.05) is 0 Å². The molecule has 0 bridgehead atoms. The Balaban J connectivity index is 3.03. The Morgan fingerprint density at radius 2 is 1.23 bits per heavy atom. The van der Waals surface area contributed by atoms with Gasteiger partial charge in [-0.2, -0.15) is 0 Å². The molecule has 76 valence electrons. The molecule has 0 aliphatic heterocycles. The van der Waals surface area contributed by atoms with Crippen molar-refractivity contribution in [3.8, 4) is 0 Å². The van der Waals surface area contributed by atoms with E-state index in [0.717, 1.165) is 0 Å². The lowest BCUT2D eigenvalue weighted by molar-refractivity contribution is 0.758. The first-order valence-electron chi connectivity index (χ1n) is 5.71. The molecule has 0 aliphatic rings. The zero-order chi connectivity index (χ0) is 9.78. The summed E-state index contributed by atoms with van der Waals surface area (Å²) in [5.74, 6) is 0. The second kappa shape index (κ2) is 11.5. The second-order valence-corrected chi connectivity index (χ2v) is 3.42. The van der Waals surface area contributed by atoms with Gasteiger partial charge in [-0.3, -0.25) is 0 Å². The molecule has 0 unspecified atom stereocenters. The summed E-state index contributed by atoms with van der Waals surface area (Å²) in [6.07, 6.45) is 18.1. The predicted molar refractivity (Wildman–Crippen MR) is 61.9 cm³/mol. The summed E-state index contributed by atoms with van der Waals surface area (Å²) < 4.78 is 0.